The number of hydrogen-bond acceptors (Lipinski definition) is 8. The molecule has 2 aliphatic rings. The summed E-state index contributed by atoms with van der Waals surface area (Å²) in [5.74, 6) is 0.698. The normalized spacial score (nSPS) is 22.8. The van der Waals surface area contributed by atoms with Gasteiger partial charge in [-0.05, 0) is 54.4 Å². The number of ether oxygens (including phenoxy) is 1. The van der Waals surface area contributed by atoms with E-state index in [4.69, 9.17) is 21.9 Å². The maximum Gasteiger partial charge on any atom is 0.262 e. The maximum absolute atomic E-state index is 13.9. The van der Waals surface area contributed by atoms with E-state index in [1.54, 1.807) is 36.4 Å². The number of Topliss-reactive ketones (excluding diaryl/α,β-unsaturated/α-hetero) is 1. The number of carbonyl (C=O) groups excluding carboxylic acids is 2. The molecule has 0 radical (unpaired) electrons. The van der Waals surface area contributed by atoms with Crippen LogP contribution in [0.4, 0.5) is 5.69 Å². The molecule has 1 aliphatic carbocycles. The Kier molecular flexibility index (Phi) is 5.73. The van der Waals surface area contributed by atoms with Crippen LogP contribution in [0.2, 0.25) is 0 Å². The van der Waals surface area contributed by atoms with Crippen LogP contribution < -0.4 is 32.6 Å². The Morgan fingerprint density at radius 1 is 1.05 bits per heavy atom. The van der Waals surface area contributed by atoms with Gasteiger partial charge in [-0.15, -0.1) is 11.3 Å². The first-order valence-corrected chi connectivity index (χ1v) is 13.0. The van der Waals surface area contributed by atoms with Crippen LogP contribution in [-0.2, 0) is 10.3 Å². The molecule has 1 saturated heterocycles. The molecule has 1 fully saturated rings. The summed E-state index contributed by atoms with van der Waals surface area (Å²) in [6, 6.07) is 19.0. The number of para-hydroxylation sites is 1. The molecule has 8 N–H and O–H groups in total. The Bertz CT molecular complexity index is 1510. The third kappa shape index (κ3) is 3.79. The number of thiophene rings is 1. The van der Waals surface area contributed by atoms with Gasteiger partial charge in [-0.2, -0.15) is 0 Å². The van der Waals surface area contributed by atoms with Gasteiger partial charge in [-0.1, -0.05) is 36.4 Å². The van der Waals surface area contributed by atoms with Gasteiger partial charge in [0.25, 0.3) is 5.91 Å². The van der Waals surface area contributed by atoms with Crippen LogP contribution in [0.25, 0.3) is 10.1 Å². The van der Waals surface area contributed by atoms with E-state index in [9.17, 15) is 9.59 Å². The minimum Gasteiger partial charge on any atom is -0.457 e. The molecule has 3 atom stereocenters. The van der Waals surface area contributed by atoms with Crippen LogP contribution >= 0.6 is 11.3 Å². The summed E-state index contributed by atoms with van der Waals surface area (Å²) in [6.07, 6.45) is 0.847. The highest BCUT2D eigenvalue weighted by molar-refractivity contribution is 7.21. The van der Waals surface area contributed by atoms with Gasteiger partial charge >= 0.3 is 0 Å². The van der Waals surface area contributed by atoms with E-state index in [0.717, 1.165) is 13.0 Å². The molecule has 4 aromatic rings. The summed E-state index contributed by atoms with van der Waals surface area (Å²) >= 11 is 1.26. The number of nitrogens with one attached hydrogen (secondary N) is 2. The Morgan fingerprint density at radius 2 is 1.78 bits per heavy atom. The highest BCUT2D eigenvalue weighted by atomic mass is 32.1. The lowest BCUT2D eigenvalue weighted by molar-refractivity contribution is -0.124. The molecule has 2 heterocycles. The standard InChI is InChI=1S/C28H27N5O3S/c29-20-11-10-19-21-22(25(37-24(20)21)27(35)33-16-12-13-32-14-16)23(30)26(34)28(19,31)15-6-8-18(9-7-15)36-17-4-2-1-3-5-17/h1-11,16,23,32H,12-14,29-31H2,(H,33,35). The van der Waals surface area contributed by atoms with Crippen molar-refractivity contribution in [1.82, 2.24) is 10.6 Å². The van der Waals surface area contributed by atoms with Crippen LogP contribution in [0.15, 0.2) is 66.7 Å². The van der Waals surface area contributed by atoms with Crippen molar-refractivity contribution in [3.05, 3.63) is 88.3 Å². The average Bonchev–Trinajstić information content (AvgIpc) is 3.57. The van der Waals surface area contributed by atoms with Gasteiger partial charge in [0.1, 0.15) is 17.0 Å². The third-order valence-electron chi connectivity index (χ3n) is 7.20. The number of rotatable bonds is 5. The summed E-state index contributed by atoms with van der Waals surface area (Å²) in [5.41, 5.74) is 20.5. The van der Waals surface area contributed by atoms with Gasteiger partial charge in [0.15, 0.2) is 5.78 Å². The fraction of sp³-hybridized carbons (Fsp3) is 0.214. The molecule has 1 aliphatic heterocycles. The van der Waals surface area contributed by atoms with Crippen molar-refractivity contribution in [3.63, 3.8) is 0 Å². The zero-order valence-corrected chi connectivity index (χ0v) is 20.8. The maximum atomic E-state index is 13.9. The number of benzene rings is 3. The van der Waals surface area contributed by atoms with E-state index in [1.807, 2.05) is 30.3 Å². The number of hydrogen-bond donors (Lipinski definition) is 5. The summed E-state index contributed by atoms with van der Waals surface area (Å²) in [6.45, 7) is 1.56. The number of ketones is 1. The Hall–Kier alpha value is -3.76. The predicted octanol–water partition coefficient (Wildman–Crippen LogP) is 3.15. The molecule has 1 aromatic heterocycles. The van der Waals surface area contributed by atoms with E-state index < -0.39 is 11.6 Å². The fourth-order valence-electron chi connectivity index (χ4n) is 5.29. The van der Waals surface area contributed by atoms with Crippen molar-refractivity contribution in [2.24, 2.45) is 11.5 Å². The van der Waals surface area contributed by atoms with Crippen molar-refractivity contribution < 1.29 is 14.3 Å². The summed E-state index contributed by atoms with van der Waals surface area (Å²) in [7, 11) is 0. The van der Waals surface area contributed by atoms with Gasteiger partial charge in [0.05, 0.1) is 15.6 Å². The second kappa shape index (κ2) is 8.97. The van der Waals surface area contributed by atoms with E-state index in [0.29, 0.717) is 55.4 Å². The fourth-order valence-corrected chi connectivity index (χ4v) is 6.49. The van der Waals surface area contributed by atoms with E-state index in [1.165, 1.54) is 11.3 Å². The lowest BCUT2D eigenvalue weighted by Crippen LogP contribution is -2.52. The van der Waals surface area contributed by atoms with Gasteiger partial charge in [0, 0.05) is 29.2 Å². The smallest absolute Gasteiger partial charge is 0.262 e. The first-order chi connectivity index (χ1) is 17.9. The van der Waals surface area contributed by atoms with E-state index in [-0.39, 0.29) is 17.7 Å². The second-order valence-electron chi connectivity index (χ2n) is 9.50. The highest BCUT2D eigenvalue weighted by Gasteiger charge is 2.48. The van der Waals surface area contributed by atoms with E-state index in [2.05, 4.69) is 10.6 Å². The van der Waals surface area contributed by atoms with Gasteiger partial charge < -0.3 is 32.6 Å². The minimum atomic E-state index is -1.51. The van der Waals surface area contributed by atoms with Gasteiger partial charge in [0.2, 0.25) is 0 Å². The minimum absolute atomic E-state index is 0.0301. The SMILES string of the molecule is Nc1ccc2c3c(c(C(=O)NC4CCNC4)sc13)C(N)C(=O)C2(N)c1ccc(Oc2ccccc2)cc1. The number of nitrogens with two attached hydrogens (primary N) is 3. The molecule has 188 valence electrons. The zero-order chi connectivity index (χ0) is 25.7. The molecule has 0 spiro atoms. The quantitative estimate of drug-likeness (QED) is 0.258. The number of nitrogen functional groups attached to an aromatic ring is 1. The van der Waals surface area contributed by atoms with E-state index >= 15 is 0 Å². The molecule has 9 heteroatoms. The molecule has 8 nitrogen and oxygen atoms in total. The van der Waals surface area contributed by atoms with Crippen molar-refractivity contribution >= 4 is 38.8 Å². The zero-order valence-electron chi connectivity index (χ0n) is 20.0. The number of anilines is 1. The Morgan fingerprint density at radius 3 is 2.49 bits per heavy atom. The second-order valence-corrected chi connectivity index (χ2v) is 10.5. The third-order valence-corrected chi connectivity index (χ3v) is 8.46. The van der Waals surface area contributed by atoms with Crippen LogP contribution in [-0.4, -0.2) is 30.8 Å². The summed E-state index contributed by atoms with van der Waals surface area (Å²) in [5, 5.41) is 7.00. The number of amides is 1. The predicted molar refractivity (Wildman–Crippen MR) is 145 cm³/mol. The number of carbonyl (C=O) groups is 2. The molecule has 0 saturated carbocycles. The topological polar surface area (TPSA) is 145 Å². The molecule has 0 bridgehead atoms. The molecule has 3 aromatic carbocycles. The monoisotopic (exact) mass is 513 g/mol. The average molecular weight is 514 g/mol. The Balaban J connectivity index is 1.43. The van der Waals surface area contributed by atoms with Crippen molar-refractivity contribution in [2.45, 2.75) is 24.0 Å². The highest BCUT2D eigenvalue weighted by Crippen LogP contribution is 2.49. The lowest BCUT2D eigenvalue weighted by atomic mass is 9.70. The van der Waals surface area contributed by atoms with Crippen molar-refractivity contribution in [1.29, 1.82) is 0 Å². The molecule has 3 unspecified atom stereocenters. The largest absolute Gasteiger partial charge is 0.457 e. The van der Waals surface area contributed by atoms with Crippen LogP contribution in [0, 0.1) is 0 Å². The molecule has 1 amide bonds. The van der Waals surface area contributed by atoms with Gasteiger partial charge in [-0.3, -0.25) is 9.59 Å². The Labute approximate surface area is 217 Å². The van der Waals surface area contributed by atoms with Crippen LogP contribution in [0.5, 0.6) is 11.5 Å². The summed E-state index contributed by atoms with van der Waals surface area (Å²) < 4.78 is 6.61. The molecule has 37 heavy (non-hydrogen) atoms. The van der Waals surface area contributed by atoms with Crippen LogP contribution in [0.3, 0.4) is 0 Å². The lowest BCUT2D eigenvalue weighted by Gasteiger charge is -2.36. The molecular weight excluding hydrogens is 486 g/mol. The van der Waals surface area contributed by atoms with Crippen molar-refractivity contribution in [3.8, 4) is 11.5 Å². The van der Waals surface area contributed by atoms with Crippen LogP contribution in [0.1, 0.15) is 38.8 Å². The summed E-state index contributed by atoms with van der Waals surface area (Å²) in [4.78, 5) is 27.6. The molecular formula is C28H27N5O3S. The molecule has 6 rings (SSSR count). The first-order valence-electron chi connectivity index (χ1n) is 12.2. The first kappa shape index (κ1) is 23.6. The van der Waals surface area contributed by atoms with Gasteiger partial charge in [-0.25, -0.2) is 0 Å². The van der Waals surface area contributed by atoms with Crippen molar-refractivity contribution in [2.75, 3.05) is 18.8 Å².